The number of carbonyl (C=O) groups excluding carboxylic acids is 1. The summed E-state index contributed by atoms with van der Waals surface area (Å²) in [6.07, 6.45) is 2.71. The SMILES string of the molecule is CC[C@@H](N)C(=O)NCCSC. The maximum Gasteiger partial charge on any atom is 0.236 e. The van der Waals surface area contributed by atoms with Gasteiger partial charge in [0.1, 0.15) is 0 Å². The molecule has 0 aromatic heterocycles. The van der Waals surface area contributed by atoms with Gasteiger partial charge in [0, 0.05) is 12.3 Å². The molecule has 0 aromatic carbocycles. The van der Waals surface area contributed by atoms with Crippen molar-refractivity contribution < 1.29 is 4.79 Å². The normalized spacial score (nSPS) is 12.6. The van der Waals surface area contributed by atoms with Crippen LogP contribution in [0.5, 0.6) is 0 Å². The molecular weight excluding hydrogens is 160 g/mol. The van der Waals surface area contributed by atoms with Crippen LogP contribution in [0.2, 0.25) is 0 Å². The van der Waals surface area contributed by atoms with Gasteiger partial charge in [0.25, 0.3) is 0 Å². The molecule has 0 aliphatic rings. The van der Waals surface area contributed by atoms with E-state index in [-0.39, 0.29) is 11.9 Å². The topological polar surface area (TPSA) is 55.1 Å². The molecule has 0 radical (unpaired) electrons. The molecule has 0 spiro atoms. The number of hydrogen-bond donors (Lipinski definition) is 2. The van der Waals surface area contributed by atoms with E-state index < -0.39 is 0 Å². The molecule has 3 N–H and O–H groups in total. The lowest BCUT2D eigenvalue weighted by atomic mass is 10.2. The Kier molecular flexibility index (Phi) is 6.36. The molecule has 3 nitrogen and oxygen atoms in total. The lowest BCUT2D eigenvalue weighted by Crippen LogP contribution is -2.40. The number of carbonyl (C=O) groups is 1. The Morgan fingerprint density at radius 1 is 1.73 bits per heavy atom. The van der Waals surface area contributed by atoms with E-state index in [0.29, 0.717) is 13.0 Å². The fourth-order valence-electron chi connectivity index (χ4n) is 0.593. The molecule has 0 unspecified atom stereocenters. The van der Waals surface area contributed by atoms with Crippen LogP contribution in [0.3, 0.4) is 0 Å². The largest absolute Gasteiger partial charge is 0.354 e. The molecule has 11 heavy (non-hydrogen) atoms. The van der Waals surface area contributed by atoms with Gasteiger partial charge in [-0.15, -0.1) is 0 Å². The van der Waals surface area contributed by atoms with Crippen molar-refractivity contribution >= 4 is 17.7 Å². The van der Waals surface area contributed by atoms with E-state index in [0.717, 1.165) is 5.75 Å². The van der Waals surface area contributed by atoms with Crippen molar-refractivity contribution in [3.8, 4) is 0 Å². The second-order valence-corrected chi connectivity index (χ2v) is 3.28. The van der Waals surface area contributed by atoms with Crippen LogP contribution in [-0.2, 0) is 4.79 Å². The van der Waals surface area contributed by atoms with E-state index in [1.165, 1.54) is 0 Å². The maximum atomic E-state index is 11.0. The van der Waals surface area contributed by atoms with Crippen molar-refractivity contribution in [1.29, 1.82) is 0 Å². The predicted octanol–water partition coefficient (Wildman–Crippen LogP) is 0.203. The molecule has 0 aliphatic carbocycles. The summed E-state index contributed by atoms with van der Waals surface area (Å²) in [6, 6.07) is -0.336. The van der Waals surface area contributed by atoms with Gasteiger partial charge in [0.2, 0.25) is 5.91 Å². The summed E-state index contributed by atoms with van der Waals surface area (Å²) < 4.78 is 0. The second-order valence-electron chi connectivity index (χ2n) is 2.30. The Morgan fingerprint density at radius 3 is 2.82 bits per heavy atom. The number of nitrogens with two attached hydrogens (primary N) is 1. The maximum absolute atomic E-state index is 11.0. The number of nitrogens with one attached hydrogen (secondary N) is 1. The smallest absolute Gasteiger partial charge is 0.236 e. The van der Waals surface area contributed by atoms with Gasteiger partial charge in [0.05, 0.1) is 6.04 Å². The first kappa shape index (κ1) is 10.8. The number of amides is 1. The van der Waals surface area contributed by atoms with Crippen LogP contribution in [0, 0.1) is 0 Å². The van der Waals surface area contributed by atoms with Gasteiger partial charge < -0.3 is 11.1 Å². The number of thioether (sulfide) groups is 1. The molecule has 0 rings (SSSR count). The first-order valence-corrected chi connectivity index (χ1v) is 5.14. The molecule has 0 aliphatic heterocycles. The van der Waals surface area contributed by atoms with Crippen molar-refractivity contribution in [2.45, 2.75) is 19.4 Å². The zero-order chi connectivity index (χ0) is 8.69. The molecule has 1 atom stereocenters. The van der Waals surface area contributed by atoms with Crippen LogP contribution in [-0.4, -0.2) is 30.5 Å². The molecule has 0 aromatic rings. The van der Waals surface area contributed by atoms with Crippen LogP contribution in [0.25, 0.3) is 0 Å². The van der Waals surface area contributed by atoms with Crippen LogP contribution < -0.4 is 11.1 Å². The lowest BCUT2D eigenvalue weighted by Gasteiger charge is -2.08. The monoisotopic (exact) mass is 176 g/mol. The third kappa shape index (κ3) is 5.09. The summed E-state index contributed by atoms with van der Waals surface area (Å²) in [4.78, 5) is 11.0. The van der Waals surface area contributed by atoms with Crippen molar-refractivity contribution in [2.24, 2.45) is 5.73 Å². The van der Waals surface area contributed by atoms with Gasteiger partial charge >= 0.3 is 0 Å². The van der Waals surface area contributed by atoms with Gasteiger partial charge in [-0.25, -0.2) is 0 Å². The van der Waals surface area contributed by atoms with Crippen LogP contribution >= 0.6 is 11.8 Å². The van der Waals surface area contributed by atoms with Crippen LogP contribution in [0.4, 0.5) is 0 Å². The van der Waals surface area contributed by atoms with Crippen molar-refractivity contribution in [3.05, 3.63) is 0 Å². The van der Waals surface area contributed by atoms with E-state index in [1.54, 1.807) is 11.8 Å². The standard InChI is InChI=1S/C7H16N2OS/c1-3-6(8)7(10)9-4-5-11-2/h6H,3-5,8H2,1-2H3,(H,9,10)/t6-/m1/s1. The fourth-order valence-corrected chi connectivity index (χ4v) is 0.899. The third-order valence-electron chi connectivity index (χ3n) is 1.38. The second kappa shape index (κ2) is 6.49. The van der Waals surface area contributed by atoms with E-state index in [2.05, 4.69) is 5.32 Å². The average molecular weight is 176 g/mol. The molecule has 0 saturated carbocycles. The highest BCUT2D eigenvalue weighted by molar-refractivity contribution is 7.98. The summed E-state index contributed by atoms with van der Waals surface area (Å²) in [7, 11) is 0. The van der Waals surface area contributed by atoms with Gasteiger partial charge in [-0.05, 0) is 12.7 Å². The number of rotatable bonds is 5. The zero-order valence-corrected chi connectivity index (χ0v) is 7.91. The van der Waals surface area contributed by atoms with E-state index in [1.807, 2.05) is 13.2 Å². The Bertz CT molecular complexity index is 119. The van der Waals surface area contributed by atoms with E-state index >= 15 is 0 Å². The Labute approximate surface area is 72.1 Å². The highest BCUT2D eigenvalue weighted by Crippen LogP contribution is 1.89. The first-order chi connectivity index (χ1) is 5.22. The Hall–Kier alpha value is -0.220. The molecular formula is C7H16N2OS. The molecule has 4 heteroatoms. The fraction of sp³-hybridized carbons (Fsp3) is 0.857. The van der Waals surface area contributed by atoms with Crippen LogP contribution in [0.15, 0.2) is 0 Å². The number of hydrogen-bond acceptors (Lipinski definition) is 3. The average Bonchev–Trinajstić information content (AvgIpc) is 2.03. The van der Waals surface area contributed by atoms with Gasteiger partial charge in [-0.2, -0.15) is 11.8 Å². The minimum absolute atomic E-state index is 0.0402. The molecule has 0 fully saturated rings. The zero-order valence-electron chi connectivity index (χ0n) is 7.09. The lowest BCUT2D eigenvalue weighted by molar-refractivity contribution is -0.122. The highest BCUT2D eigenvalue weighted by Gasteiger charge is 2.08. The summed E-state index contributed by atoms with van der Waals surface area (Å²) in [5, 5.41) is 2.75. The quantitative estimate of drug-likeness (QED) is 0.588. The molecule has 1 amide bonds. The summed E-state index contributed by atoms with van der Waals surface area (Å²) >= 11 is 1.71. The van der Waals surface area contributed by atoms with E-state index in [4.69, 9.17) is 5.73 Å². The molecule has 0 heterocycles. The first-order valence-electron chi connectivity index (χ1n) is 3.74. The van der Waals surface area contributed by atoms with Crippen LogP contribution in [0.1, 0.15) is 13.3 Å². The third-order valence-corrected chi connectivity index (χ3v) is 1.99. The van der Waals surface area contributed by atoms with Gasteiger partial charge in [0.15, 0.2) is 0 Å². The molecule has 66 valence electrons. The highest BCUT2D eigenvalue weighted by atomic mass is 32.2. The molecule has 0 bridgehead atoms. The minimum Gasteiger partial charge on any atom is -0.354 e. The predicted molar refractivity (Wildman–Crippen MR) is 49.7 cm³/mol. The Balaban J connectivity index is 3.36. The molecule has 0 saturated heterocycles. The van der Waals surface area contributed by atoms with Crippen molar-refractivity contribution in [3.63, 3.8) is 0 Å². The summed E-state index contributed by atoms with van der Waals surface area (Å²) in [5.74, 6) is 0.906. The van der Waals surface area contributed by atoms with E-state index in [9.17, 15) is 4.79 Å². The summed E-state index contributed by atoms with van der Waals surface area (Å²) in [6.45, 7) is 2.62. The summed E-state index contributed by atoms with van der Waals surface area (Å²) in [5.41, 5.74) is 5.48. The van der Waals surface area contributed by atoms with Crippen molar-refractivity contribution in [2.75, 3.05) is 18.6 Å². The van der Waals surface area contributed by atoms with Gasteiger partial charge in [-0.1, -0.05) is 6.92 Å². The van der Waals surface area contributed by atoms with Crippen molar-refractivity contribution in [1.82, 2.24) is 5.32 Å². The minimum atomic E-state index is -0.336. The van der Waals surface area contributed by atoms with Gasteiger partial charge in [-0.3, -0.25) is 4.79 Å². The Morgan fingerprint density at radius 2 is 2.36 bits per heavy atom.